The molecule has 0 aliphatic heterocycles. The fourth-order valence-corrected chi connectivity index (χ4v) is 5.81. The van der Waals surface area contributed by atoms with Gasteiger partial charge < -0.3 is 10.2 Å². The molecule has 0 aliphatic carbocycles. The number of benzene rings is 3. The first-order valence-electron chi connectivity index (χ1n) is 12.7. The number of anilines is 1. The maximum Gasteiger partial charge on any atom is 0.264 e. The molecule has 3 aromatic carbocycles. The summed E-state index contributed by atoms with van der Waals surface area (Å²) in [4.78, 5) is 28.3. The van der Waals surface area contributed by atoms with E-state index in [1.807, 2.05) is 20.8 Å². The molecule has 0 saturated heterocycles. The fourth-order valence-electron chi connectivity index (χ4n) is 3.88. The number of sulfonamides is 1. The molecule has 0 aromatic heterocycles. The van der Waals surface area contributed by atoms with E-state index in [0.717, 1.165) is 22.0 Å². The zero-order valence-electron chi connectivity index (χ0n) is 22.7. The Morgan fingerprint density at radius 3 is 2.08 bits per heavy atom. The first kappa shape index (κ1) is 31.4. The van der Waals surface area contributed by atoms with Crippen LogP contribution in [-0.2, 0) is 26.2 Å². The molecule has 0 radical (unpaired) electrons. The van der Waals surface area contributed by atoms with E-state index in [9.17, 15) is 22.4 Å². The Labute approximate surface area is 244 Å². The van der Waals surface area contributed by atoms with Gasteiger partial charge in [0.1, 0.15) is 18.4 Å². The van der Waals surface area contributed by atoms with Crippen molar-refractivity contribution < 1.29 is 22.4 Å². The smallest absolute Gasteiger partial charge is 0.264 e. The molecule has 0 fully saturated rings. The van der Waals surface area contributed by atoms with Crippen LogP contribution in [0.3, 0.4) is 0 Å². The maximum atomic E-state index is 13.9. The zero-order chi connectivity index (χ0) is 29.6. The van der Waals surface area contributed by atoms with E-state index in [4.69, 9.17) is 23.2 Å². The molecule has 2 amide bonds. The minimum atomic E-state index is -4.26. The number of hydrogen-bond acceptors (Lipinski definition) is 4. The molecule has 0 unspecified atom stereocenters. The number of halogens is 3. The molecule has 0 saturated carbocycles. The Kier molecular flexibility index (Phi) is 10.6. The summed E-state index contributed by atoms with van der Waals surface area (Å²) in [5.74, 6) is -1.66. The second-order valence-corrected chi connectivity index (χ2v) is 12.2. The summed E-state index contributed by atoms with van der Waals surface area (Å²) in [5.41, 5.74) is 1.35. The summed E-state index contributed by atoms with van der Waals surface area (Å²) in [5, 5.41) is 3.45. The van der Waals surface area contributed by atoms with Gasteiger partial charge in [0.15, 0.2) is 0 Å². The van der Waals surface area contributed by atoms with Crippen LogP contribution in [0.15, 0.2) is 71.6 Å². The summed E-state index contributed by atoms with van der Waals surface area (Å²) < 4.78 is 42.2. The SMILES string of the molecule is CC[C@H](C)NC(=O)[C@H](C)N(Cc1c(Cl)cccc1Cl)C(=O)CN(c1ccc(F)cc1)S(=O)(=O)c1ccc(C)cc1. The quantitative estimate of drug-likeness (QED) is 0.291. The van der Waals surface area contributed by atoms with Crippen molar-refractivity contribution in [3.05, 3.63) is 93.7 Å². The predicted octanol–water partition coefficient (Wildman–Crippen LogP) is 5.97. The van der Waals surface area contributed by atoms with Crippen LogP contribution in [0.2, 0.25) is 10.0 Å². The van der Waals surface area contributed by atoms with Crippen molar-refractivity contribution in [3.63, 3.8) is 0 Å². The van der Waals surface area contributed by atoms with Crippen LogP contribution < -0.4 is 9.62 Å². The third-order valence-corrected chi connectivity index (χ3v) is 9.06. The lowest BCUT2D eigenvalue weighted by atomic mass is 10.1. The molecule has 1 N–H and O–H groups in total. The van der Waals surface area contributed by atoms with Crippen molar-refractivity contribution in [2.75, 3.05) is 10.8 Å². The van der Waals surface area contributed by atoms with Crippen molar-refractivity contribution >= 4 is 50.7 Å². The summed E-state index contributed by atoms with van der Waals surface area (Å²) in [7, 11) is -4.26. The molecule has 40 heavy (non-hydrogen) atoms. The van der Waals surface area contributed by atoms with Crippen molar-refractivity contribution in [1.82, 2.24) is 10.2 Å². The largest absolute Gasteiger partial charge is 0.352 e. The Morgan fingerprint density at radius 2 is 1.52 bits per heavy atom. The topological polar surface area (TPSA) is 86.8 Å². The van der Waals surface area contributed by atoms with Gasteiger partial charge in [0.2, 0.25) is 11.8 Å². The molecular weight excluding hydrogens is 576 g/mol. The molecular formula is C29H32Cl2FN3O4S. The predicted molar refractivity (Wildman–Crippen MR) is 156 cm³/mol. The average molecular weight is 609 g/mol. The highest BCUT2D eigenvalue weighted by molar-refractivity contribution is 7.92. The minimum absolute atomic E-state index is 0.0431. The summed E-state index contributed by atoms with van der Waals surface area (Å²) in [6, 6.07) is 14.7. The number of hydrogen-bond donors (Lipinski definition) is 1. The Morgan fingerprint density at radius 1 is 0.950 bits per heavy atom. The van der Waals surface area contributed by atoms with Gasteiger partial charge in [-0.3, -0.25) is 13.9 Å². The molecule has 0 bridgehead atoms. The van der Waals surface area contributed by atoms with E-state index >= 15 is 0 Å². The minimum Gasteiger partial charge on any atom is -0.352 e. The van der Waals surface area contributed by atoms with Crippen LogP contribution in [-0.4, -0.2) is 43.8 Å². The van der Waals surface area contributed by atoms with Crippen LogP contribution in [0, 0.1) is 12.7 Å². The van der Waals surface area contributed by atoms with Gasteiger partial charge in [0.25, 0.3) is 10.0 Å². The van der Waals surface area contributed by atoms with Crippen molar-refractivity contribution in [3.8, 4) is 0 Å². The number of aryl methyl sites for hydroxylation is 1. The van der Waals surface area contributed by atoms with E-state index in [1.165, 1.54) is 29.2 Å². The van der Waals surface area contributed by atoms with Gasteiger partial charge in [-0.25, -0.2) is 12.8 Å². The van der Waals surface area contributed by atoms with E-state index in [2.05, 4.69) is 5.32 Å². The van der Waals surface area contributed by atoms with Gasteiger partial charge >= 0.3 is 0 Å². The van der Waals surface area contributed by atoms with Gasteiger partial charge in [-0.1, -0.05) is 53.9 Å². The standard InChI is InChI=1S/C29H32Cl2FN3O4S/c1-5-20(3)33-29(37)21(4)34(17-25-26(30)7-6-8-27(25)31)28(36)18-35(23-13-11-22(32)12-14-23)40(38,39)24-15-9-19(2)10-16-24/h6-16,20-21H,5,17-18H2,1-4H3,(H,33,37)/t20-,21-/m0/s1. The summed E-state index contributed by atoms with van der Waals surface area (Å²) in [6.45, 7) is 6.32. The molecule has 3 aromatic rings. The zero-order valence-corrected chi connectivity index (χ0v) is 25.0. The number of nitrogens with zero attached hydrogens (tertiary/aromatic N) is 2. The van der Waals surface area contributed by atoms with Gasteiger partial charge in [-0.2, -0.15) is 0 Å². The lowest BCUT2D eigenvalue weighted by molar-refractivity contribution is -0.139. The van der Waals surface area contributed by atoms with Crippen LogP contribution in [0.5, 0.6) is 0 Å². The van der Waals surface area contributed by atoms with Crippen LogP contribution in [0.25, 0.3) is 0 Å². The summed E-state index contributed by atoms with van der Waals surface area (Å²) in [6.07, 6.45) is 0.676. The van der Waals surface area contributed by atoms with Gasteiger partial charge in [-0.05, 0) is 75.7 Å². The van der Waals surface area contributed by atoms with E-state index in [0.29, 0.717) is 22.0 Å². The third kappa shape index (κ3) is 7.53. The molecule has 7 nitrogen and oxygen atoms in total. The highest BCUT2D eigenvalue weighted by Gasteiger charge is 2.33. The molecule has 3 rings (SSSR count). The molecule has 0 spiro atoms. The van der Waals surface area contributed by atoms with Crippen molar-refractivity contribution in [2.45, 2.75) is 57.6 Å². The monoisotopic (exact) mass is 607 g/mol. The summed E-state index contributed by atoms with van der Waals surface area (Å²) >= 11 is 12.8. The molecule has 2 atom stereocenters. The van der Waals surface area contributed by atoms with Crippen molar-refractivity contribution in [2.24, 2.45) is 0 Å². The van der Waals surface area contributed by atoms with E-state index in [1.54, 1.807) is 37.3 Å². The Bertz CT molecular complexity index is 1430. The first-order chi connectivity index (χ1) is 18.8. The lowest BCUT2D eigenvalue weighted by Gasteiger charge is -2.32. The van der Waals surface area contributed by atoms with Crippen LogP contribution in [0.1, 0.15) is 38.3 Å². The third-order valence-electron chi connectivity index (χ3n) is 6.56. The molecule has 11 heteroatoms. The first-order valence-corrected chi connectivity index (χ1v) is 14.9. The van der Waals surface area contributed by atoms with Crippen LogP contribution in [0.4, 0.5) is 10.1 Å². The van der Waals surface area contributed by atoms with Gasteiger partial charge in [-0.15, -0.1) is 0 Å². The Hall–Kier alpha value is -3.14. The normalized spacial score (nSPS) is 12.9. The molecule has 214 valence electrons. The highest BCUT2D eigenvalue weighted by atomic mass is 35.5. The Balaban J connectivity index is 2.06. The lowest BCUT2D eigenvalue weighted by Crippen LogP contribution is -2.52. The molecule has 0 heterocycles. The van der Waals surface area contributed by atoms with Gasteiger partial charge in [0, 0.05) is 28.2 Å². The average Bonchev–Trinajstić information content (AvgIpc) is 2.91. The van der Waals surface area contributed by atoms with E-state index in [-0.39, 0.29) is 23.2 Å². The number of carbonyl (C=O) groups excluding carboxylic acids is 2. The number of carbonyl (C=O) groups is 2. The number of amides is 2. The van der Waals surface area contributed by atoms with Gasteiger partial charge in [0.05, 0.1) is 10.6 Å². The second-order valence-electron chi connectivity index (χ2n) is 9.52. The van der Waals surface area contributed by atoms with E-state index < -0.39 is 40.2 Å². The second kappa shape index (κ2) is 13.5. The number of nitrogens with one attached hydrogen (secondary N) is 1. The maximum absolute atomic E-state index is 13.9. The highest BCUT2D eigenvalue weighted by Crippen LogP contribution is 2.28. The number of rotatable bonds is 11. The molecule has 0 aliphatic rings. The van der Waals surface area contributed by atoms with Crippen molar-refractivity contribution in [1.29, 1.82) is 0 Å². The fraction of sp³-hybridized carbons (Fsp3) is 0.310. The van der Waals surface area contributed by atoms with Crippen LogP contribution >= 0.6 is 23.2 Å².